The zero-order valence-corrected chi connectivity index (χ0v) is 37.1. The van der Waals surface area contributed by atoms with Crippen LogP contribution in [0.25, 0.3) is 22.0 Å². The molecule has 0 radical (unpaired) electrons. The average molecular weight is 917 g/mol. The van der Waals surface area contributed by atoms with Gasteiger partial charge in [-0.1, -0.05) is 12.2 Å². The van der Waals surface area contributed by atoms with Gasteiger partial charge in [-0.15, -0.1) is 13.2 Å². The molecule has 63 heavy (non-hydrogen) atoms. The molecule has 1 saturated heterocycles. The number of aromatic nitrogens is 1. The molecule has 20 heteroatoms. The molecule has 5 atom stereocenters. The van der Waals surface area contributed by atoms with Crippen molar-refractivity contribution in [2.45, 2.75) is 100 Å². The molecule has 15 nitrogen and oxygen atoms in total. The first-order chi connectivity index (χ1) is 29.6. The summed E-state index contributed by atoms with van der Waals surface area (Å²) in [4.78, 5) is 64.2. The molecule has 7 rings (SSSR count). The summed E-state index contributed by atoms with van der Waals surface area (Å²) in [5.74, 6) is -2.19. The van der Waals surface area contributed by atoms with Gasteiger partial charge in [0, 0.05) is 48.8 Å². The fourth-order valence-corrected chi connectivity index (χ4v) is 10.0. The Morgan fingerprint density at radius 1 is 1.05 bits per heavy atom. The molecule has 4 aliphatic rings. The Kier molecular flexibility index (Phi) is 12.9. The molecule has 2 aliphatic heterocycles. The van der Waals surface area contributed by atoms with Crippen molar-refractivity contribution in [2.24, 2.45) is 5.92 Å². The number of fused-ring (bicyclic) bond motifs is 3. The summed E-state index contributed by atoms with van der Waals surface area (Å²) in [6, 6.07) is 10.2. The lowest BCUT2D eigenvalue weighted by Crippen LogP contribution is -2.58. The van der Waals surface area contributed by atoms with E-state index >= 15 is 0 Å². The minimum Gasteiger partial charge on any atom is -0.472 e. The third-order valence-electron chi connectivity index (χ3n) is 11.1. The summed E-state index contributed by atoms with van der Waals surface area (Å²) in [6.07, 6.45) is -0.648. The molecule has 340 valence electrons. The maximum Gasteiger partial charge on any atom is 0.573 e. The van der Waals surface area contributed by atoms with Crippen LogP contribution in [0.4, 0.5) is 23.7 Å². The normalized spacial score (nSPS) is 24.5. The number of carbonyl (C=O) groups is 4. The van der Waals surface area contributed by atoms with Crippen LogP contribution in [-0.4, -0.2) is 115 Å². The number of hydrogen-bond acceptors (Lipinski definition) is 12. The Morgan fingerprint density at radius 2 is 1.78 bits per heavy atom. The van der Waals surface area contributed by atoms with Crippen LogP contribution in [-0.2, 0) is 29.1 Å². The number of pyridine rings is 1. The number of nitrogens with one attached hydrogen (secondary N) is 3. The molecule has 3 aromatic rings. The van der Waals surface area contributed by atoms with Crippen molar-refractivity contribution >= 4 is 62.1 Å². The SMILES string of the molecule is CN(C)c1ccc2c(OC3C[C@H]4C(=O)N[C@]5(C(=O)NS(=O)(=O)C6CC6)C[C@H]5C=CCCCSC[C@H](NC(=O)OC(C)(C)C)C(=O)N4C3)nc(-c3ccc(OC(F)(F)F)cc3)cc2c1. The van der Waals surface area contributed by atoms with E-state index in [1.165, 1.54) is 40.9 Å². The van der Waals surface area contributed by atoms with Gasteiger partial charge in [-0.3, -0.25) is 19.1 Å². The van der Waals surface area contributed by atoms with Gasteiger partial charge in [0.15, 0.2) is 0 Å². The fourth-order valence-electron chi connectivity index (χ4n) is 7.65. The number of carbonyl (C=O) groups excluding carboxylic acids is 4. The van der Waals surface area contributed by atoms with Gasteiger partial charge in [-0.25, -0.2) is 18.2 Å². The summed E-state index contributed by atoms with van der Waals surface area (Å²) in [5, 5.41) is 6.11. The number of benzene rings is 2. The minimum atomic E-state index is -4.88. The topological polar surface area (TPSA) is 186 Å². The third kappa shape index (κ3) is 11.1. The van der Waals surface area contributed by atoms with Gasteiger partial charge in [-0.2, -0.15) is 11.8 Å². The van der Waals surface area contributed by atoms with Crippen LogP contribution in [0, 0.1) is 5.92 Å². The first-order valence-electron chi connectivity index (χ1n) is 20.7. The lowest BCUT2D eigenvalue weighted by atomic mass is 10.1. The molecule has 3 heterocycles. The molecule has 4 amide bonds. The Balaban J connectivity index is 1.24. The summed E-state index contributed by atoms with van der Waals surface area (Å²) in [5.41, 5.74) is -0.821. The molecule has 3 fully saturated rings. The molecule has 2 saturated carbocycles. The van der Waals surface area contributed by atoms with E-state index in [0.717, 1.165) is 5.69 Å². The second-order valence-corrected chi connectivity index (χ2v) is 20.6. The molecular weight excluding hydrogens is 866 g/mol. The third-order valence-corrected chi connectivity index (χ3v) is 14.0. The number of thioether (sulfide) groups is 1. The fraction of sp³-hybridized carbons (Fsp3) is 0.512. The van der Waals surface area contributed by atoms with Gasteiger partial charge in [0.2, 0.25) is 27.7 Å². The predicted octanol–water partition coefficient (Wildman–Crippen LogP) is 5.67. The molecule has 0 bridgehead atoms. The van der Waals surface area contributed by atoms with E-state index in [1.54, 1.807) is 32.9 Å². The zero-order chi connectivity index (χ0) is 45.5. The van der Waals surface area contributed by atoms with E-state index in [4.69, 9.17) is 14.5 Å². The Labute approximate surface area is 367 Å². The summed E-state index contributed by atoms with van der Waals surface area (Å²) in [7, 11) is -0.234. The molecule has 3 N–H and O–H groups in total. The van der Waals surface area contributed by atoms with Crippen molar-refractivity contribution in [3.05, 3.63) is 60.7 Å². The second kappa shape index (κ2) is 17.7. The van der Waals surface area contributed by atoms with E-state index in [-0.39, 0.29) is 31.0 Å². The van der Waals surface area contributed by atoms with E-state index in [1.807, 2.05) is 43.3 Å². The quantitative estimate of drug-likeness (QED) is 0.224. The van der Waals surface area contributed by atoms with E-state index < -0.39 is 86.4 Å². The van der Waals surface area contributed by atoms with Crippen LogP contribution < -0.4 is 29.7 Å². The molecular formula is C43H51F3N6O9S2. The second-order valence-electron chi connectivity index (χ2n) is 17.5. The van der Waals surface area contributed by atoms with Crippen molar-refractivity contribution in [3.8, 4) is 22.9 Å². The van der Waals surface area contributed by atoms with E-state index in [0.29, 0.717) is 53.5 Å². The van der Waals surface area contributed by atoms with Gasteiger partial charge in [0.05, 0.1) is 17.5 Å². The van der Waals surface area contributed by atoms with Crippen molar-refractivity contribution < 1.29 is 55.0 Å². The van der Waals surface area contributed by atoms with Gasteiger partial charge < -0.3 is 34.6 Å². The van der Waals surface area contributed by atoms with Gasteiger partial charge >= 0.3 is 12.5 Å². The Bertz CT molecular complexity index is 2390. The number of ether oxygens (including phenoxy) is 3. The van der Waals surface area contributed by atoms with Gasteiger partial charge in [-0.05, 0) is 113 Å². The minimum absolute atomic E-state index is 0.0882. The zero-order valence-electron chi connectivity index (χ0n) is 35.5. The van der Waals surface area contributed by atoms with Crippen molar-refractivity contribution in [1.29, 1.82) is 0 Å². The lowest BCUT2D eigenvalue weighted by Gasteiger charge is -2.30. The molecule has 1 unspecified atom stereocenters. The highest BCUT2D eigenvalue weighted by Crippen LogP contribution is 2.46. The number of amides is 4. The van der Waals surface area contributed by atoms with Crippen LogP contribution >= 0.6 is 11.8 Å². The number of anilines is 1. The average Bonchev–Trinajstić information content (AvgIpc) is 4.12. The Morgan fingerprint density at radius 3 is 2.44 bits per heavy atom. The van der Waals surface area contributed by atoms with Crippen LogP contribution in [0.2, 0.25) is 0 Å². The standard InChI is InChI=1S/C43H51F3N6O9S2/c1-41(2,3)61-40(56)48-34-24-62-18-8-6-7-9-27-22-42(27,39(55)50-63(57,58)31-15-16-31)49-36(53)35-21-30(23-52(35)38(34)54)59-37-32-17-12-28(51(4)5)19-26(32)20-33(47-37)25-10-13-29(14-11-25)60-43(44,45)46/h7,9-14,17,19-20,27,30-31,34-35H,6,8,15-16,18,21-24H2,1-5H3,(H,48,56)(H,49,53)(H,50,55)/t27-,30?,34+,35+,42-/m1/s1. The summed E-state index contributed by atoms with van der Waals surface area (Å²) in [6.45, 7) is 4.91. The van der Waals surface area contributed by atoms with E-state index in [2.05, 4.69) is 20.1 Å². The highest BCUT2D eigenvalue weighted by atomic mass is 32.2. The molecule has 0 spiro atoms. The van der Waals surface area contributed by atoms with Crippen molar-refractivity contribution in [3.63, 3.8) is 0 Å². The molecule has 2 aromatic carbocycles. The summed E-state index contributed by atoms with van der Waals surface area (Å²) < 4.78 is 83.1. The summed E-state index contributed by atoms with van der Waals surface area (Å²) >= 11 is 1.44. The predicted molar refractivity (Wildman–Crippen MR) is 231 cm³/mol. The first kappa shape index (κ1) is 45.8. The van der Waals surface area contributed by atoms with Crippen molar-refractivity contribution in [1.82, 2.24) is 25.2 Å². The lowest BCUT2D eigenvalue weighted by molar-refractivity contribution is -0.274. The largest absolute Gasteiger partial charge is 0.573 e. The van der Waals surface area contributed by atoms with Crippen LogP contribution in [0.1, 0.15) is 59.3 Å². The van der Waals surface area contributed by atoms with Crippen molar-refractivity contribution in [2.75, 3.05) is 37.0 Å². The number of halogens is 3. The van der Waals surface area contributed by atoms with Gasteiger partial charge in [0.1, 0.15) is 35.1 Å². The first-order valence-corrected chi connectivity index (χ1v) is 23.4. The number of sulfonamides is 1. The Hall–Kier alpha value is -5.24. The number of hydrogen-bond donors (Lipinski definition) is 3. The van der Waals surface area contributed by atoms with Crippen LogP contribution in [0.3, 0.4) is 0 Å². The number of alkyl carbamates (subject to hydrolysis) is 1. The maximum atomic E-state index is 14.7. The highest BCUT2D eigenvalue weighted by Gasteiger charge is 2.62. The number of alkyl halides is 3. The monoisotopic (exact) mass is 916 g/mol. The number of allylic oxidation sites excluding steroid dienone is 1. The maximum absolute atomic E-state index is 14.7. The number of rotatable bonds is 9. The van der Waals surface area contributed by atoms with Crippen LogP contribution in [0.5, 0.6) is 11.6 Å². The highest BCUT2D eigenvalue weighted by molar-refractivity contribution is 7.99. The molecule has 1 aromatic heterocycles. The van der Waals surface area contributed by atoms with Crippen LogP contribution in [0.15, 0.2) is 60.7 Å². The van der Waals surface area contributed by atoms with Gasteiger partial charge in [0.25, 0.3) is 5.91 Å². The van der Waals surface area contributed by atoms with E-state index in [9.17, 15) is 40.8 Å². The molecule has 2 aliphatic carbocycles. The number of nitrogens with zero attached hydrogens (tertiary/aromatic N) is 3. The smallest absolute Gasteiger partial charge is 0.472 e.